The van der Waals surface area contributed by atoms with Gasteiger partial charge >= 0.3 is 5.97 Å². The van der Waals surface area contributed by atoms with Crippen molar-refractivity contribution in [1.82, 2.24) is 4.98 Å². The summed E-state index contributed by atoms with van der Waals surface area (Å²) in [6, 6.07) is 0. The van der Waals surface area contributed by atoms with Crippen molar-refractivity contribution in [2.24, 2.45) is 17.8 Å². The molecule has 1 aliphatic carbocycles. The van der Waals surface area contributed by atoms with Crippen molar-refractivity contribution in [1.29, 1.82) is 0 Å². The SMILES string of the molecule is CC(C)CC[C@@](C)(O)C/C=C/[C@H]1CCC(=O)[C@@H]1CCSc1nc(C(=O)O)cs1. The standard InChI is InChI=1S/C21H31NO4S2/c1-14(2)8-11-21(3,26)10-4-5-15-6-7-18(23)16(15)9-12-27-20-22-17(13-28-20)19(24)25/h4-5,13-16,26H,6-12H2,1-3H3,(H,24,25)/b5-4+/t15-,16+,21-/m0/s1. The molecule has 0 amide bonds. The minimum Gasteiger partial charge on any atom is -0.476 e. The number of allylic oxidation sites excluding steroid dienone is 1. The van der Waals surface area contributed by atoms with Crippen LogP contribution in [0.1, 0.15) is 69.8 Å². The monoisotopic (exact) mass is 425 g/mol. The van der Waals surface area contributed by atoms with Gasteiger partial charge in [0.15, 0.2) is 10.0 Å². The predicted octanol–water partition coefficient (Wildman–Crippen LogP) is 5.05. The molecule has 156 valence electrons. The number of thiazole rings is 1. The largest absolute Gasteiger partial charge is 0.476 e. The van der Waals surface area contributed by atoms with E-state index in [0.717, 1.165) is 35.8 Å². The highest BCUT2D eigenvalue weighted by Crippen LogP contribution is 2.35. The zero-order valence-electron chi connectivity index (χ0n) is 16.9. The summed E-state index contributed by atoms with van der Waals surface area (Å²) >= 11 is 2.84. The number of ketones is 1. The molecule has 0 unspecified atom stereocenters. The van der Waals surface area contributed by atoms with Crippen LogP contribution in [0.2, 0.25) is 0 Å². The van der Waals surface area contributed by atoms with Crippen LogP contribution in [0.3, 0.4) is 0 Å². The van der Waals surface area contributed by atoms with Gasteiger partial charge < -0.3 is 10.2 Å². The summed E-state index contributed by atoms with van der Waals surface area (Å²) in [6.07, 6.45) is 8.83. The Labute approximate surface area is 175 Å². The highest BCUT2D eigenvalue weighted by Gasteiger charge is 2.32. The van der Waals surface area contributed by atoms with Crippen molar-refractivity contribution in [2.45, 2.75) is 69.2 Å². The smallest absolute Gasteiger partial charge is 0.355 e. The number of aliphatic hydroxyl groups is 1. The van der Waals surface area contributed by atoms with Crippen LogP contribution in [-0.4, -0.2) is 38.3 Å². The molecule has 0 spiro atoms. The Morgan fingerprint density at radius 1 is 1.50 bits per heavy atom. The third kappa shape index (κ3) is 7.33. The summed E-state index contributed by atoms with van der Waals surface area (Å²) in [7, 11) is 0. The van der Waals surface area contributed by atoms with Gasteiger partial charge in [-0.15, -0.1) is 11.3 Å². The first-order chi connectivity index (χ1) is 13.2. The molecule has 0 radical (unpaired) electrons. The van der Waals surface area contributed by atoms with Crippen LogP contribution in [-0.2, 0) is 4.79 Å². The maximum absolute atomic E-state index is 12.3. The number of carboxylic acids is 1. The Kier molecular flexibility index (Phi) is 8.71. The lowest BCUT2D eigenvalue weighted by Gasteiger charge is -2.23. The van der Waals surface area contributed by atoms with Crippen molar-refractivity contribution >= 4 is 34.9 Å². The van der Waals surface area contributed by atoms with Crippen LogP contribution in [0.4, 0.5) is 0 Å². The predicted molar refractivity (Wildman–Crippen MR) is 114 cm³/mol. The number of carbonyl (C=O) groups excluding carboxylic acids is 1. The van der Waals surface area contributed by atoms with Gasteiger partial charge in [0.1, 0.15) is 5.78 Å². The van der Waals surface area contributed by atoms with E-state index in [4.69, 9.17) is 5.11 Å². The second-order valence-corrected chi connectivity index (χ2v) is 10.5. The molecule has 1 saturated carbocycles. The van der Waals surface area contributed by atoms with E-state index in [0.29, 0.717) is 24.5 Å². The minimum absolute atomic E-state index is 0.0169. The number of carboxylic acid groups (broad SMARTS) is 1. The summed E-state index contributed by atoms with van der Waals surface area (Å²) in [6.45, 7) is 6.20. The van der Waals surface area contributed by atoms with E-state index in [2.05, 4.69) is 24.9 Å². The van der Waals surface area contributed by atoms with E-state index in [1.54, 1.807) is 5.38 Å². The minimum atomic E-state index is -1.01. The van der Waals surface area contributed by atoms with Crippen LogP contribution < -0.4 is 0 Å². The highest BCUT2D eigenvalue weighted by atomic mass is 32.2. The van der Waals surface area contributed by atoms with Gasteiger partial charge in [-0.25, -0.2) is 9.78 Å². The number of aromatic carboxylic acids is 1. The van der Waals surface area contributed by atoms with Crippen molar-refractivity contribution in [3.05, 3.63) is 23.2 Å². The number of thioether (sulfide) groups is 1. The van der Waals surface area contributed by atoms with Crippen LogP contribution >= 0.6 is 23.1 Å². The second-order valence-electron chi connectivity index (χ2n) is 8.28. The summed E-state index contributed by atoms with van der Waals surface area (Å²) in [5.41, 5.74) is -0.615. The number of carbonyl (C=O) groups is 2. The van der Waals surface area contributed by atoms with Crippen LogP contribution in [0.15, 0.2) is 21.9 Å². The molecule has 2 rings (SSSR count). The Morgan fingerprint density at radius 2 is 2.25 bits per heavy atom. The molecule has 0 aliphatic heterocycles. The average molecular weight is 426 g/mol. The highest BCUT2D eigenvalue weighted by molar-refractivity contribution is 8.01. The lowest BCUT2D eigenvalue weighted by molar-refractivity contribution is -0.121. The molecule has 0 bridgehead atoms. The van der Waals surface area contributed by atoms with E-state index in [-0.39, 0.29) is 17.5 Å². The molecule has 0 aromatic carbocycles. The maximum atomic E-state index is 12.3. The second kappa shape index (κ2) is 10.6. The zero-order chi connectivity index (χ0) is 20.7. The maximum Gasteiger partial charge on any atom is 0.355 e. The van der Waals surface area contributed by atoms with E-state index >= 15 is 0 Å². The summed E-state index contributed by atoms with van der Waals surface area (Å²) in [4.78, 5) is 27.2. The van der Waals surface area contributed by atoms with Crippen LogP contribution in [0, 0.1) is 17.8 Å². The molecule has 5 nitrogen and oxygen atoms in total. The van der Waals surface area contributed by atoms with Gasteiger partial charge in [0.05, 0.1) is 5.60 Å². The molecular weight excluding hydrogens is 394 g/mol. The lowest BCUT2D eigenvalue weighted by Crippen LogP contribution is -2.23. The van der Waals surface area contributed by atoms with Crippen LogP contribution in [0.5, 0.6) is 0 Å². The molecule has 28 heavy (non-hydrogen) atoms. The summed E-state index contributed by atoms with van der Waals surface area (Å²) in [5, 5.41) is 21.0. The lowest BCUT2D eigenvalue weighted by atomic mass is 9.89. The third-order valence-electron chi connectivity index (χ3n) is 5.21. The quantitative estimate of drug-likeness (QED) is 0.381. The van der Waals surface area contributed by atoms with Gasteiger partial charge in [-0.05, 0) is 50.9 Å². The molecule has 1 aliphatic rings. The van der Waals surface area contributed by atoms with Crippen molar-refractivity contribution in [3.63, 3.8) is 0 Å². The number of rotatable bonds is 11. The van der Waals surface area contributed by atoms with Crippen molar-refractivity contribution in [2.75, 3.05) is 5.75 Å². The van der Waals surface area contributed by atoms with E-state index in [9.17, 15) is 14.7 Å². The Hall–Kier alpha value is -1.18. The molecule has 2 N–H and O–H groups in total. The fourth-order valence-corrected chi connectivity index (χ4v) is 5.33. The number of Topliss-reactive ketones (excluding diaryl/α,β-unsaturated/α-hetero) is 1. The topological polar surface area (TPSA) is 87.5 Å². The number of nitrogens with zero attached hydrogens (tertiary/aromatic N) is 1. The van der Waals surface area contributed by atoms with Gasteiger partial charge in [-0.2, -0.15) is 0 Å². The average Bonchev–Trinajstić information content (AvgIpc) is 3.22. The molecule has 1 fully saturated rings. The third-order valence-corrected chi connectivity index (χ3v) is 7.27. The molecule has 1 heterocycles. The van der Waals surface area contributed by atoms with Gasteiger partial charge in [0, 0.05) is 23.5 Å². The molecule has 0 saturated heterocycles. The van der Waals surface area contributed by atoms with E-state index in [1.807, 2.05) is 13.0 Å². The van der Waals surface area contributed by atoms with Gasteiger partial charge in [-0.3, -0.25) is 4.79 Å². The van der Waals surface area contributed by atoms with Crippen LogP contribution in [0.25, 0.3) is 0 Å². The molecule has 1 aromatic heterocycles. The molecule has 1 aromatic rings. The van der Waals surface area contributed by atoms with Gasteiger partial charge in [-0.1, -0.05) is 37.8 Å². The fourth-order valence-electron chi connectivity index (χ4n) is 3.43. The molecular formula is C21H31NO4S2. The summed E-state index contributed by atoms with van der Waals surface area (Å²) < 4.78 is 0.733. The van der Waals surface area contributed by atoms with Crippen molar-refractivity contribution in [3.8, 4) is 0 Å². The summed E-state index contributed by atoms with van der Waals surface area (Å²) in [5.74, 6) is 0.882. The first-order valence-corrected chi connectivity index (χ1v) is 11.8. The Balaban J connectivity index is 1.82. The van der Waals surface area contributed by atoms with Gasteiger partial charge in [0.25, 0.3) is 0 Å². The first-order valence-electron chi connectivity index (χ1n) is 9.91. The van der Waals surface area contributed by atoms with E-state index < -0.39 is 11.6 Å². The van der Waals surface area contributed by atoms with E-state index in [1.165, 1.54) is 23.1 Å². The Bertz CT molecular complexity index is 696. The number of hydrogen-bond acceptors (Lipinski definition) is 6. The number of hydrogen-bond donors (Lipinski definition) is 2. The first kappa shape index (κ1) is 23.1. The fraction of sp³-hybridized carbons (Fsp3) is 0.667. The Morgan fingerprint density at radius 3 is 2.89 bits per heavy atom. The molecule has 7 heteroatoms. The molecule has 3 atom stereocenters. The number of aromatic nitrogens is 1. The van der Waals surface area contributed by atoms with Crippen molar-refractivity contribution < 1.29 is 19.8 Å². The van der Waals surface area contributed by atoms with Gasteiger partial charge in [0.2, 0.25) is 0 Å². The zero-order valence-corrected chi connectivity index (χ0v) is 18.5. The normalized spacial score (nSPS) is 22.2.